The fraction of sp³-hybridized carbons (Fsp3) is 0.231. The van der Waals surface area contributed by atoms with Crippen LogP contribution in [0.2, 0.25) is 0 Å². The summed E-state index contributed by atoms with van der Waals surface area (Å²) in [6.07, 6.45) is -1.54. The topological polar surface area (TPSA) is 47.0 Å². The maximum absolute atomic E-state index is 12.9. The first kappa shape index (κ1) is 15.6. The normalized spacial score (nSPS) is 11.3. The van der Waals surface area contributed by atoms with E-state index in [1.54, 1.807) is 13.0 Å². The standard InChI is InChI=1S/C13H11BrF3N3O/c1-2-19-11-3-8(13(15,16)17)4-12(20-11)21-10-5-9(14)6-18-7-10/h3-7H,2H2,1H3,(H,19,20). The summed E-state index contributed by atoms with van der Waals surface area (Å²) in [7, 11) is 0. The lowest BCUT2D eigenvalue weighted by atomic mass is 10.2. The van der Waals surface area contributed by atoms with Gasteiger partial charge in [-0.15, -0.1) is 0 Å². The largest absolute Gasteiger partial charge is 0.437 e. The Balaban J connectivity index is 2.35. The average molecular weight is 362 g/mol. The second-order valence-corrected chi connectivity index (χ2v) is 4.96. The molecular formula is C13H11BrF3N3O. The maximum Gasteiger partial charge on any atom is 0.416 e. The number of halogens is 4. The van der Waals surface area contributed by atoms with Gasteiger partial charge in [0.15, 0.2) is 0 Å². The molecule has 0 aliphatic carbocycles. The second-order valence-electron chi connectivity index (χ2n) is 4.05. The van der Waals surface area contributed by atoms with Crippen molar-refractivity contribution in [2.75, 3.05) is 11.9 Å². The van der Waals surface area contributed by atoms with Gasteiger partial charge in [-0.3, -0.25) is 4.98 Å². The summed E-state index contributed by atoms with van der Waals surface area (Å²) < 4.78 is 44.6. The third-order valence-corrected chi connectivity index (χ3v) is 2.82. The Kier molecular flexibility index (Phi) is 4.66. The van der Waals surface area contributed by atoms with E-state index in [2.05, 4.69) is 31.2 Å². The minimum absolute atomic E-state index is 0.102. The van der Waals surface area contributed by atoms with Gasteiger partial charge >= 0.3 is 6.18 Å². The van der Waals surface area contributed by atoms with Gasteiger partial charge in [-0.25, -0.2) is 0 Å². The summed E-state index contributed by atoms with van der Waals surface area (Å²) in [5, 5.41) is 2.74. The monoisotopic (exact) mass is 361 g/mol. The molecule has 2 aromatic heterocycles. The highest BCUT2D eigenvalue weighted by Gasteiger charge is 2.32. The van der Waals surface area contributed by atoms with E-state index in [-0.39, 0.29) is 11.7 Å². The number of hydrogen-bond acceptors (Lipinski definition) is 4. The fourth-order valence-corrected chi connectivity index (χ4v) is 1.91. The number of aromatic nitrogens is 2. The highest BCUT2D eigenvalue weighted by atomic mass is 79.9. The summed E-state index contributed by atoms with van der Waals surface area (Å²) >= 11 is 3.21. The molecule has 0 atom stereocenters. The first-order chi connectivity index (χ1) is 9.88. The van der Waals surface area contributed by atoms with E-state index < -0.39 is 11.7 Å². The van der Waals surface area contributed by atoms with Crippen LogP contribution in [-0.4, -0.2) is 16.5 Å². The lowest BCUT2D eigenvalue weighted by molar-refractivity contribution is -0.137. The first-order valence-corrected chi connectivity index (χ1v) is 6.79. The Morgan fingerprint density at radius 2 is 2.00 bits per heavy atom. The quantitative estimate of drug-likeness (QED) is 0.871. The molecule has 2 aromatic rings. The molecule has 0 spiro atoms. The number of anilines is 1. The first-order valence-electron chi connectivity index (χ1n) is 6.00. The third-order valence-electron chi connectivity index (χ3n) is 2.39. The van der Waals surface area contributed by atoms with Gasteiger partial charge in [-0.1, -0.05) is 0 Å². The van der Waals surface area contributed by atoms with Crippen LogP contribution in [0.5, 0.6) is 11.6 Å². The van der Waals surface area contributed by atoms with Crippen molar-refractivity contribution in [3.63, 3.8) is 0 Å². The smallest absolute Gasteiger partial charge is 0.416 e. The molecule has 0 aliphatic rings. The molecule has 0 saturated carbocycles. The Labute approximate surface area is 127 Å². The van der Waals surface area contributed by atoms with Gasteiger partial charge in [-0.2, -0.15) is 18.2 Å². The van der Waals surface area contributed by atoms with Crippen LogP contribution in [-0.2, 0) is 6.18 Å². The van der Waals surface area contributed by atoms with Crippen LogP contribution >= 0.6 is 15.9 Å². The molecule has 0 aliphatic heterocycles. The maximum atomic E-state index is 12.9. The summed E-state index contributed by atoms with van der Waals surface area (Å²) in [6, 6.07) is 3.37. The lowest BCUT2D eigenvalue weighted by Gasteiger charge is -2.12. The van der Waals surface area contributed by atoms with Crippen LogP contribution in [0.15, 0.2) is 35.1 Å². The predicted octanol–water partition coefficient (Wildman–Crippen LogP) is 4.48. The van der Waals surface area contributed by atoms with E-state index >= 15 is 0 Å². The van der Waals surface area contributed by atoms with E-state index in [0.29, 0.717) is 16.8 Å². The number of nitrogens with one attached hydrogen (secondary N) is 1. The van der Waals surface area contributed by atoms with Crippen LogP contribution < -0.4 is 10.1 Å². The van der Waals surface area contributed by atoms with Crippen molar-refractivity contribution in [1.29, 1.82) is 0 Å². The van der Waals surface area contributed by atoms with Crippen LogP contribution in [0.25, 0.3) is 0 Å². The second kappa shape index (κ2) is 6.30. The molecule has 2 heterocycles. The van der Waals surface area contributed by atoms with Crippen LogP contribution in [0.1, 0.15) is 12.5 Å². The molecule has 112 valence electrons. The van der Waals surface area contributed by atoms with Gasteiger partial charge in [0.1, 0.15) is 11.6 Å². The van der Waals surface area contributed by atoms with Crippen LogP contribution in [0.4, 0.5) is 19.0 Å². The number of hydrogen-bond donors (Lipinski definition) is 1. The number of rotatable bonds is 4. The van der Waals surface area contributed by atoms with Crippen molar-refractivity contribution in [2.45, 2.75) is 13.1 Å². The molecule has 8 heteroatoms. The van der Waals surface area contributed by atoms with Crippen molar-refractivity contribution in [3.05, 3.63) is 40.6 Å². The minimum atomic E-state index is -4.47. The van der Waals surface area contributed by atoms with Gasteiger partial charge in [0, 0.05) is 23.3 Å². The Hall–Kier alpha value is -1.83. The van der Waals surface area contributed by atoms with E-state index in [4.69, 9.17) is 4.74 Å². The lowest BCUT2D eigenvalue weighted by Crippen LogP contribution is -2.08. The summed E-state index contributed by atoms with van der Waals surface area (Å²) in [5.41, 5.74) is -0.827. The van der Waals surface area contributed by atoms with Gasteiger partial charge in [-0.05, 0) is 35.0 Å². The zero-order valence-corrected chi connectivity index (χ0v) is 12.5. The number of pyridine rings is 2. The molecule has 0 fully saturated rings. The molecule has 2 rings (SSSR count). The summed E-state index contributed by atoms with van der Waals surface area (Å²) in [6.45, 7) is 2.22. The van der Waals surface area contributed by atoms with Crippen molar-refractivity contribution < 1.29 is 17.9 Å². The Morgan fingerprint density at radius 1 is 1.24 bits per heavy atom. The van der Waals surface area contributed by atoms with Gasteiger partial charge in [0.25, 0.3) is 0 Å². The Morgan fingerprint density at radius 3 is 2.62 bits per heavy atom. The molecule has 0 radical (unpaired) electrons. The van der Waals surface area contributed by atoms with E-state index in [0.717, 1.165) is 12.1 Å². The molecule has 0 bridgehead atoms. The summed E-state index contributed by atoms with van der Waals surface area (Å²) in [4.78, 5) is 7.86. The van der Waals surface area contributed by atoms with Gasteiger partial charge in [0.2, 0.25) is 5.88 Å². The van der Waals surface area contributed by atoms with Gasteiger partial charge < -0.3 is 10.1 Å². The molecular weight excluding hydrogens is 351 g/mol. The van der Waals surface area contributed by atoms with Crippen molar-refractivity contribution in [2.24, 2.45) is 0 Å². The number of alkyl halides is 3. The SMILES string of the molecule is CCNc1cc(C(F)(F)F)cc(Oc2cncc(Br)c2)n1. The zero-order chi connectivity index (χ0) is 15.5. The third kappa shape index (κ3) is 4.32. The Bertz CT molecular complexity index is 634. The van der Waals surface area contributed by atoms with Crippen molar-refractivity contribution in [3.8, 4) is 11.6 Å². The number of nitrogens with zero attached hydrogens (tertiary/aromatic N) is 2. The van der Waals surface area contributed by atoms with E-state index in [1.165, 1.54) is 12.4 Å². The summed E-state index contributed by atoms with van der Waals surface area (Å²) in [5.74, 6) is 0.240. The molecule has 0 unspecified atom stereocenters. The number of ether oxygens (including phenoxy) is 1. The van der Waals surface area contributed by atoms with E-state index in [1.807, 2.05) is 0 Å². The zero-order valence-electron chi connectivity index (χ0n) is 10.9. The van der Waals surface area contributed by atoms with Crippen molar-refractivity contribution >= 4 is 21.7 Å². The van der Waals surface area contributed by atoms with Crippen LogP contribution in [0.3, 0.4) is 0 Å². The highest BCUT2D eigenvalue weighted by Crippen LogP contribution is 2.34. The van der Waals surface area contributed by atoms with Crippen molar-refractivity contribution in [1.82, 2.24) is 9.97 Å². The predicted molar refractivity (Wildman–Crippen MR) is 75.4 cm³/mol. The molecule has 1 N–H and O–H groups in total. The molecule has 21 heavy (non-hydrogen) atoms. The molecule has 4 nitrogen and oxygen atoms in total. The average Bonchev–Trinajstić information content (AvgIpc) is 2.37. The molecule has 0 saturated heterocycles. The van der Waals surface area contributed by atoms with Gasteiger partial charge in [0.05, 0.1) is 11.8 Å². The van der Waals surface area contributed by atoms with E-state index in [9.17, 15) is 13.2 Å². The fourth-order valence-electron chi connectivity index (χ4n) is 1.56. The highest BCUT2D eigenvalue weighted by molar-refractivity contribution is 9.10. The van der Waals surface area contributed by atoms with Crippen LogP contribution in [0, 0.1) is 0 Å². The molecule has 0 aromatic carbocycles. The molecule has 0 amide bonds. The minimum Gasteiger partial charge on any atom is -0.437 e.